The first kappa shape index (κ1) is 15.4. The van der Waals surface area contributed by atoms with E-state index in [1.807, 2.05) is 20.8 Å². The molecule has 0 aromatic carbocycles. The Bertz CT molecular complexity index is 613. The smallest absolute Gasteiger partial charge is 0.255 e. The van der Waals surface area contributed by atoms with Gasteiger partial charge in [-0.25, -0.2) is 0 Å². The Hall–Kier alpha value is -2.01. The number of hydrogen-bond acceptors (Lipinski definition) is 4. The fourth-order valence-corrected chi connectivity index (χ4v) is 2.41. The third-order valence-electron chi connectivity index (χ3n) is 3.61. The lowest BCUT2D eigenvalue weighted by Crippen LogP contribution is -2.34. The van der Waals surface area contributed by atoms with E-state index < -0.39 is 6.10 Å². The van der Waals surface area contributed by atoms with Crippen molar-refractivity contribution in [1.82, 2.24) is 5.32 Å². The van der Waals surface area contributed by atoms with Crippen molar-refractivity contribution in [1.29, 1.82) is 0 Å². The number of aryl methyl sites for hydroxylation is 2. The van der Waals surface area contributed by atoms with Crippen LogP contribution in [0.4, 0.5) is 0 Å². The third-order valence-corrected chi connectivity index (χ3v) is 3.61. The van der Waals surface area contributed by atoms with Crippen LogP contribution in [0.5, 0.6) is 0 Å². The molecular weight excluding hydrogens is 270 g/mol. The van der Waals surface area contributed by atoms with E-state index in [1.54, 1.807) is 19.1 Å². The van der Waals surface area contributed by atoms with E-state index >= 15 is 0 Å². The second kappa shape index (κ2) is 6.18. The highest BCUT2D eigenvalue weighted by molar-refractivity contribution is 5.97. The molecule has 1 amide bonds. The number of aliphatic hydroxyl groups excluding tert-OH is 1. The number of carbonyl (C=O) groups excluding carboxylic acids is 1. The first-order valence-electron chi connectivity index (χ1n) is 6.99. The molecule has 0 radical (unpaired) electrons. The van der Waals surface area contributed by atoms with E-state index in [1.165, 1.54) is 6.26 Å². The van der Waals surface area contributed by atoms with Crippen molar-refractivity contribution >= 4 is 5.91 Å². The van der Waals surface area contributed by atoms with Crippen molar-refractivity contribution < 1.29 is 18.7 Å². The van der Waals surface area contributed by atoms with Crippen LogP contribution in [-0.4, -0.2) is 17.1 Å². The first-order valence-corrected chi connectivity index (χ1v) is 6.99. The van der Waals surface area contributed by atoms with Crippen LogP contribution in [0.3, 0.4) is 0 Å². The lowest BCUT2D eigenvalue weighted by molar-refractivity contribution is 0.0901. The number of furan rings is 2. The zero-order valence-electron chi connectivity index (χ0n) is 12.8. The Morgan fingerprint density at radius 3 is 2.57 bits per heavy atom. The summed E-state index contributed by atoms with van der Waals surface area (Å²) < 4.78 is 10.6. The number of rotatable bonds is 5. The van der Waals surface area contributed by atoms with Gasteiger partial charge in [0.25, 0.3) is 5.91 Å². The molecule has 2 atom stereocenters. The standard InChI is InChI=1S/C16H21NO4/c1-9(8-13(18)14-6-5-7-20-14)17-16(19)15-10(2)11(3)21-12(15)4/h5-7,9,13,18H,8H2,1-4H3,(H,17,19). The highest BCUT2D eigenvalue weighted by Crippen LogP contribution is 2.22. The van der Waals surface area contributed by atoms with Gasteiger partial charge in [0.1, 0.15) is 23.4 Å². The van der Waals surface area contributed by atoms with Gasteiger partial charge in [-0.1, -0.05) is 0 Å². The third kappa shape index (κ3) is 3.36. The Balaban J connectivity index is 1.99. The second-order valence-electron chi connectivity index (χ2n) is 5.36. The Kier molecular flexibility index (Phi) is 4.53. The molecular formula is C16H21NO4. The quantitative estimate of drug-likeness (QED) is 0.887. The van der Waals surface area contributed by atoms with Gasteiger partial charge in [0.05, 0.1) is 11.8 Å². The van der Waals surface area contributed by atoms with Crippen molar-refractivity contribution in [3.63, 3.8) is 0 Å². The van der Waals surface area contributed by atoms with Crippen LogP contribution in [0, 0.1) is 20.8 Å². The first-order chi connectivity index (χ1) is 9.90. The fourth-order valence-electron chi connectivity index (χ4n) is 2.41. The van der Waals surface area contributed by atoms with Crippen molar-refractivity contribution in [2.45, 2.75) is 46.3 Å². The molecule has 2 aromatic rings. The molecule has 0 spiro atoms. The van der Waals surface area contributed by atoms with Gasteiger partial charge >= 0.3 is 0 Å². The van der Waals surface area contributed by atoms with Crippen molar-refractivity contribution in [3.8, 4) is 0 Å². The summed E-state index contributed by atoms with van der Waals surface area (Å²) in [5.74, 6) is 1.69. The number of carbonyl (C=O) groups is 1. The maximum atomic E-state index is 12.3. The predicted molar refractivity (Wildman–Crippen MR) is 78.1 cm³/mol. The van der Waals surface area contributed by atoms with Crippen molar-refractivity contribution in [3.05, 3.63) is 46.8 Å². The number of amides is 1. The van der Waals surface area contributed by atoms with Crippen LogP contribution in [0.15, 0.2) is 27.2 Å². The molecule has 0 saturated carbocycles. The maximum absolute atomic E-state index is 12.3. The molecule has 2 heterocycles. The average Bonchev–Trinajstić information content (AvgIpc) is 2.99. The molecule has 2 unspecified atom stereocenters. The SMILES string of the molecule is Cc1oc(C)c(C(=O)NC(C)CC(O)c2ccco2)c1C. The lowest BCUT2D eigenvalue weighted by Gasteiger charge is -2.16. The molecule has 2 rings (SSSR count). The number of hydrogen-bond donors (Lipinski definition) is 2. The average molecular weight is 291 g/mol. The molecule has 0 aliphatic rings. The number of nitrogens with one attached hydrogen (secondary N) is 1. The van der Waals surface area contributed by atoms with Crippen LogP contribution < -0.4 is 5.32 Å². The molecule has 0 saturated heterocycles. The van der Waals surface area contributed by atoms with E-state index in [0.717, 1.165) is 11.3 Å². The summed E-state index contributed by atoms with van der Waals surface area (Å²) >= 11 is 0. The van der Waals surface area contributed by atoms with E-state index in [-0.39, 0.29) is 11.9 Å². The van der Waals surface area contributed by atoms with Crippen LogP contribution >= 0.6 is 0 Å². The van der Waals surface area contributed by atoms with Gasteiger partial charge in [0.2, 0.25) is 0 Å². The summed E-state index contributed by atoms with van der Waals surface area (Å²) in [6, 6.07) is 3.25. The van der Waals surface area contributed by atoms with E-state index in [2.05, 4.69) is 5.32 Å². The van der Waals surface area contributed by atoms with Crippen LogP contribution in [0.25, 0.3) is 0 Å². The highest BCUT2D eigenvalue weighted by atomic mass is 16.4. The molecule has 114 valence electrons. The normalized spacial score (nSPS) is 14.0. The van der Waals surface area contributed by atoms with Gasteiger partial charge in [-0.2, -0.15) is 0 Å². The Labute approximate surface area is 124 Å². The Morgan fingerprint density at radius 1 is 1.33 bits per heavy atom. The van der Waals surface area contributed by atoms with E-state index in [0.29, 0.717) is 23.5 Å². The number of aliphatic hydroxyl groups is 1. The Morgan fingerprint density at radius 2 is 2.05 bits per heavy atom. The van der Waals surface area contributed by atoms with Gasteiger partial charge in [0.15, 0.2) is 0 Å². The summed E-state index contributed by atoms with van der Waals surface area (Å²) in [6.07, 6.45) is 1.17. The molecule has 0 aliphatic heterocycles. The zero-order chi connectivity index (χ0) is 15.6. The minimum atomic E-state index is -0.733. The highest BCUT2D eigenvalue weighted by Gasteiger charge is 2.21. The molecule has 0 aliphatic carbocycles. The minimum absolute atomic E-state index is 0.180. The molecule has 0 fully saturated rings. The summed E-state index contributed by atoms with van der Waals surface area (Å²) in [5, 5.41) is 12.9. The van der Waals surface area contributed by atoms with Crippen molar-refractivity contribution in [2.75, 3.05) is 0 Å². The van der Waals surface area contributed by atoms with Gasteiger partial charge in [-0.3, -0.25) is 4.79 Å². The molecule has 5 nitrogen and oxygen atoms in total. The molecule has 2 aromatic heterocycles. The fraction of sp³-hybridized carbons (Fsp3) is 0.438. The molecule has 5 heteroatoms. The van der Waals surface area contributed by atoms with Gasteiger partial charge < -0.3 is 19.3 Å². The van der Waals surface area contributed by atoms with Crippen LogP contribution in [-0.2, 0) is 0 Å². The summed E-state index contributed by atoms with van der Waals surface area (Å²) in [5.41, 5.74) is 1.43. The molecule has 21 heavy (non-hydrogen) atoms. The summed E-state index contributed by atoms with van der Waals surface area (Å²) in [4.78, 5) is 12.3. The van der Waals surface area contributed by atoms with Crippen LogP contribution in [0.1, 0.15) is 52.7 Å². The summed E-state index contributed by atoms with van der Waals surface area (Å²) in [7, 11) is 0. The summed E-state index contributed by atoms with van der Waals surface area (Å²) in [6.45, 7) is 7.32. The topological polar surface area (TPSA) is 75.6 Å². The second-order valence-corrected chi connectivity index (χ2v) is 5.36. The minimum Gasteiger partial charge on any atom is -0.467 e. The van der Waals surface area contributed by atoms with Gasteiger partial charge in [0, 0.05) is 18.0 Å². The van der Waals surface area contributed by atoms with Crippen molar-refractivity contribution in [2.24, 2.45) is 0 Å². The van der Waals surface area contributed by atoms with E-state index in [4.69, 9.17) is 8.83 Å². The molecule has 2 N–H and O–H groups in total. The van der Waals surface area contributed by atoms with Crippen LogP contribution in [0.2, 0.25) is 0 Å². The zero-order valence-corrected chi connectivity index (χ0v) is 12.8. The predicted octanol–water partition coefficient (Wildman–Crippen LogP) is 3.04. The molecule has 0 bridgehead atoms. The van der Waals surface area contributed by atoms with Gasteiger partial charge in [-0.05, 0) is 39.8 Å². The maximum Gasteiger partial charge on any atom is 0.255 e. The van der Waals surface area contributed by atoms with E-state index in [9.17, 15) is 9.90 Å². The lowest BCUT2D eigenvalue weighted by atomic mass is 10.1. The van der Waals surface area contributed by atoms with Gasteiger partial charge in [-0.15, -0.1) is 0 Å². The largest absolute Gasteiger partial charge is 0.467 e. The monoisotopic (exact) mass is 291 g/mol.